The number of rotatable bonds is 4. The van der Waals surface area contributed by atoms with E-state index in [9.17, 15) is 20.2 Å². The van der Waals surface area contributed by atoms with Gasteiger partial charge in [-0.3, -0.25) is 20.2 Å². The average Bonchev–Trinajstić information content (AvgIpc) is 2.55. The van der Waals surface area contributed by atoms with E-state index < -0.39 is 9.85 Å². The monoisotopic (exact) mass is 313 g/mol. The molecule has 7 heteroatoms. The maximum absolute atomic E-state index is 11.2. The second kappa shape index (κ2) is 6.04. The topological polar surface area (TPSA) is 98.3 Å². The van der Waals surface area contributed by atoms with E-state index in [1.165, 1.54) is 17.7 Å². The Morgan fingerprint density at radius 3 is 2.57 bits per heavy atom. The number of hydrogen-bond acceptors (Lipinski definition) is 5. The maximum Gasteiger partial charge on any atom is 0.299 e. The predicted molar refractivity (Wildman–Crippen MR) is 85.5 cm³/mol. The molecule has 0 unspecified atom stereocenters. The van der Waals surface area contributed by atoms with Gasteiger partial charge in [0.05, 0.1) is 22.0 Å². The van der Waals surface area contributed by atoms with Crippen LogP contribution in [0.5, 0.6) is 0 Å². The minimum atomic E-state index is -0.632. The van der Waals surface area contributed by atoms with Crippen molar-refractivity contribution in [3.63, 3.8) is 0 Å². The van der Waals surface area contributed by atoms with E-state index in [0.717, 1.165) is 30.9 Å². The molecule has 3 rings (SSSR count). The van der Waals surface area contributed by atoms with Crippen molar-refractivity contribution in [2.45, 2.75) is 25.3 Å². The molecule has 1 aliphatic carbocycles. The highest BCUT2D eigenvalue weighted by atomic mass is 16.6. The van der Waals surface area contributed by atoms with Crippen molar-refractivity contribution < 1.29 is 9.85 Å². The van der Waals surface area contributed by atoms with Crippen LogP contribution in [0.2, 0.25) is 0 Å². The summed E-state index contributed by atoms with van der Waals surface area (Å²) in [4.78, 5) is 20.8. The van der Waals surface area contributed by atoms with Gasteiger partial charge in [0.2, 0.25) is 0 Å². The van der Waals surface area contributed by atoms with E-state index >= 15 is 0 Å². The maximum atomic E-state index is 11.2. The van der Waals surface area contributed by atoms with E-state index in [4.69, 9.17) is 0 Å². The summed E-state index contributed by atoms with van der Waals surface area (Å²) >= 11 is 0. The van der Waals surface area contributed by atoms with Crippen molar-refractivity contribution in [3.8, 4) is 0 Å². The van der Waals surface area contributed by atoms with E-state index in [0.29, 0.717) is 5.69 Å². The number of nitro groups is 2. The zero-order valence-corrected chi connectivity index (χ0v) is 12.3. The summed E-state index contributed by atoms with van der Waals surface area (Å²) in [6, 6.07) is 11.7. The predicted octanol–water partition coefficient (Wildman–Crippen LogP) is 3.99. The Kier molecular flexibility index (Phi) is 3.92. The third-order valence-corrected chi connectivity index (χ3v) is 4.09. The lowest BCUT2D eigenvalue weighted by Gasteiger charge is -2.27. The van der Waals surface area contributed by atoms with Gasteiger partial charge in [-0.2, -0.15) is 0 Å². The van der Waals surface area contributed by atoms with Gasteiger partial charge in [-0.1, -0.05) is 24.3 Å². The molecule has 2 aromatic rings. The molecule has 0 radical (unpaired) electrons. The number of fused-ring (bicyclic) bond motifs is 1. The van der Waals surface area contributed by atoms with Gasteiger partial charge in [-0.25, -0.2) is 0 Å². The molecule has 1 aliphatic rings. The zero-order chi connectivity index (χ0) is 16.4. The lowest BCUT2D eigenvalue weighted by Crippen LogP contribution is -2.17. The molecule has 0 amide bonds. The summed E-state index contributed by atoms with van der Waals surface area (Å²) < 4.78 is 0. The molecule has 0 bridgehead atoms. The summed E-state index contributed by atoms with van der Waals surface area (Å²) in [5.74, 6) is 0. The molecule has 7 nitrogen and oxygen atoms in total. The van der Waals surface area contributed by atoms with Crippen molar-refractivity contribution >= 4 is 17.1 Å². The van der Waals surface area contributed by atoms with Crippen LogP contribution in [0.4, 0.5) is 17.1 Å². The minimum Gasteiger partial charge on any atom is -0.373 e. The molecular formula is C16H15N3O4. The Hall–Kier alpha value is -2.96. The van der Waals surface area contributed by atoms with Crippen LogP contribution in [-0.2, 0) is 6.42 Å². The quantitative estimate of drug-likeness (QED) is 0.679. The lowest BCUT2D eigenvalue weighted by molar-refractivity contribution is -0.393. The first-order valence-electron chi connectivity index (χ1n) is 7.33. The van der Waals surface area contributed by atoms with Crippen LogP contribution in [0.25, 0.3) is 0 Å². The average molecular weight is 313 g/mol. The number of nitro benzene ring substituents is 2. The third kappa shape index (κ3) is 2.98. The first-order chi connectivity index (χ1) is 11.1. The molecule has 0 fully saturated rings. The van der Waals surface area contributed by atoms with Crippen LogP contribution >= 0.6 is 0 Å². The van der Waals surface area contributed by atoms with Crippen LogP contribution in [0.15, 0.2) is 42.5 Å². The lowest BCUT2D eigenvalue weighted by atomic mass is 9.87. The molecule has 118 valence electrons. The van der Waals surface area contributed by atoms with Gasteiger partial charge in [0.1, 0.15) is 5.69 Å². The van der Waals surface area contributed by atoms with Crippen molar-refractivity contribution in [3.05, 3.63) is 73.8 Å². The number of aryl methyl sites for hydroxylation is 1. The molecule has 2 aromatic carbocycles. The fraction of sp³-hybridized carbons (Fsp3) is 0.250. The van der Waals surface area contributed by atoms with E-state index in [2.05, 4.69) is 11.4 Å². The summed E-state index contributed by atoms with van der Waals surface area (Å²) in [5.41, 5.74) is 2.11. The molecule has 1 N–H and O–H groups in total. The van der Waals surface area contributed by atoms with Crippen LogP contribution in [-0.4, -0.2) is 9.85 Å². The first-order valence-corrected chi connectivity index (χ1v) is 7.33. The van der Waals surface area contributed by atoms with Crippen molar-refractivity contribution in [1.29, 1.82) is 0 Å². The number of nitrogens with one attached hydrogen (secondary N) is 1. The first kappa shape index (κ1) is 15.0. The van der Waals surface area contributed by atoms with E-state index in [-0.39, 0.29) is 17.4 Å². The summed E-state index contributed by atoms with van der Waals surface area (Å²) in [6.07, 6.45) is 2.86. The van der Waals surface area contributed by atoms with Gasteiger partial charge in [0.15, 0.2) is 0 Å². The fourth-order valence-electron chi connectivity index (χ4n) is 3.00. The van der Waals surface area contributed by atoms with Gasteiger partial charge < -0.3 is 5.32 Å². The van der Waals surface area contributed by atoms with Crippen LogP contribution in [0.3, 0.4) is 0 Å². The van der Waals surface area contributed by atoms with E-state index in [1.807, 2.05) is 18.2 Å². The van der Waals surface area contributed by atoms with Crippen molar-refractivity contribution in [1.82, 2.24) is 0 Å². The number of non-ortho nitro benzene ring substituents is 1. The minimum absolute atomic E-state index is 0.0277. The second-order valence-corrected chi connectivity index (χ2v) is 5.50. The molecule has 0 aromatic heterocycles. The Bertz CT molecular complexity index is 776. The van der Waals surface area contributed by atoms with Gasteiger partial charge in [-0.05, 0) is 36.5 Å². The van der Waals surface area contributed by atoms with Crippen LogP contribution in [0.1, 0.15) is 30.0 Å². The molecule has 0 heterocycles. The normalized spacial score (nSPS) is 16.4. The smallest absolute Gasteiger partial charge is 0.299 e. The fourth-order valence-corrected chi connectivity index (χ4v) is 3.00. The molecule has 0 saturated carbocycles. The van der Waals surface area contributed by atoms with Crippen LogP contribution in [0, 0.1) is 20.2 Å². The van der Waals surface area contributed by atoms with Crippen LogP contribution < -0.4 is 5.32 Å². The Morgan fingerprint density at radius 2 is 1.83 bits per heavy atom. The number of nitrogens with zero attached hydrogens (tertiary/aromatic N) is 2. The van der Waals surface area contributed by atoms with Crippen molar-refractivity contribution in [2.24, 2.45) is 0 Å². The highest BCUT2D eigenvalue weighted by molar-refractivity contribution is 5.66. The van der Waals surface area contributed by atoms with Gasteiger partial charge in [-0.15, -0.1) is 0 Å². The van der Waals surface area contributed by atoms with E-state index in [1.54, 1.807) is 0 Å². The number of anilines is 1. The second-order valence-electron chi connectivity index (χ2n) is 5.50. The molecule has 0 aliphatic heterocycles. The number of hydrogen-bond donors (Lipinski definition) is 1. The highest BCUT2D eigenvalue weighted by Crippen LogP contribution is 2.36. The SMILES string of the molecule is O=[N+]([O-])c1ccc(N[C@@H]2CCCc3ccccc32)c([N+](=O)[O-])c1. The van der Waals surface area contributed by atoms with Crippen molar-refractivity contribution in [2.75, 3.05) is 5.32 Å². The third-order valence-electron chi connectivity index (χ3n) is 4.09. The highest BCUT2D eigenvalue weighted by Gasteiger charge is 2.24. The van der Waals surface area contributed by atoms with Gasteiger partial charge in [0.25, 0.3) is 11.4 Å². The molecular weight excluding hydrogens is 298 g/mol. The molecule has 1 atom stereocenters. The molecule has 23 heavy (non-hydrogen) atoms. The zero-order valence-electron chi connectivity index (χ0n) is 12.3. The number of benzene rings is 2. The summed E-state index contributed by atoms with van der Waals surface area (Å²) in [6.45, 7) is 0. The van der Waals surface area contributed by atoms with Gasteiger partial charge >= 0.3 is 0 Å². The molecule has 0 spiro atoms. The van der Waals surface area contributed by atoms with Gasteiger partial charge in [0, 0.05) is 6.07 Å². The molecule has 0 saturated heterocycles. The Labute approximate surface area is 132 Å². The standard InChI is InChI=1S/C16H15N3O4/c20-18(21)12-8-9-15(16(10-12)19(22)23)17-14-7-3-5-11-4-1-2-6-13(11)14/h1-2,4,6,8-10,14,17H,3,5,7H2/t14-/m1/s1. The summed E-state index contributed by atoms with van der Waals surface area (Å²) in [5, 5.41) is 25.2. The Balaban J connectivity index is 1.95. The summed E-state index contributed by atoms with van der Waals surface area (Å²) in [7, 11) is 0. The largest absolute Gasteiger partial charge is 0.373 e. The Morgan fingerprint density at radius 1 is 1.04 bits per heavy atom.